The van der Waals surface area contributed by atoms with Crippen LogP contribution in [0.2, 0.25) is 0 Å². The summed E-state index contributed by atoms with van der Waals surface area (Å²) in [5.74, 6) is 0.323. The summed E-state index contributed by atoms with van der Waals surface area (Å²) in [6.07, 6.45) is 7.33. The summed E-state index contributed by atoms with van der Waals surface area (Å²) in [5.41, 5.74) is 2.73. The summed E-state index contributed by atoms with van der Waals surface area (Å²) in [5, 5.41) is 11.8. The van der Waals surface area contributed by atoms with Gasteiger partial charge in [0.1, 0.15) is 5.70 Å². The van der Waals surface area contributed by atoms with Gasteiger partial charge in [-0.3, -0.25) is 4.79 Å². The number of hydrogen-bond acceptors (Lipinski definition) is 3. The Balaban J connectivity index is 1.39. The molecule has 0 bridgehead atoms. The van der Waals surface area contributed by atoms with Gasteiger partial charge in [0.2, 0.25) is 0 Å². The number of rotatable bonds is 5. The van der Waals surface area contributed by atoms with E-state index in [-0.39, 0.29) is 17.6 Å². The van der Waals surface area contributed by atoms with Gasteiger partial charge in [0.15, 0.2) is 0 Å². The lowest BCUT2D eigenvalue weighted by molar-refractivity contribution is -0.118. The van der Waals surface area contributed by atoms with Crippen molar-refractivity contribution in [2.45, 2.75) is 62.9 Å². The molecule has 0 unspecified atom stereocenters. The van der Waals surface area contributed by atoms with Crippen LogP contribution in [0, 0.1) is 0 Å². The summed E-state index contributed by atoms with van der Waals surface area (Å²) in [4.78, 5) is 24.8. The van der Waals surface area contributed by atoms with Gasteiger partial charge >= 0.3 is 6.03 Å². The van der Waals surface area contributed by atoms with E-state index in [0.29, 0.717) is 23.4 Å². The van der Waals surface area contributed by atoms with Crippen LogP contribution >= 0.6 is 0 Å². The number of carbonyl (C=O) groups excluding carboxylic acids is 2. The van der Waals surface area contributed by atoms with E-state index in [1.165, 1.54) is 12.0 Å². The standard InChI is InChI=1S/C22H28N4O2/c1-14-19(24-17-8-5-9-17)20(26-22(28)23-14)21(27)25-18-12-10-16(11-13-18)15-6-3-2-4-7-15/h2-4,6-7,16-18,24H,1,5,8-13H2,(H,25,27)(H2,23,26,28)/t16-,18+. The van der Waals surface area contributed by atoms with Crippen LogP contribution < -0.4 is 21.3 Å². The number of benzene rings is 1. The Morgan fingerprint density at radius 1 is 0.964 bits per heavy atom. The normalized spacial score (nSPS) is 25.4. The lowest BCUT2D eigenvalue weighted by Gasteiger charge is -2.33. The molecule has 0 saturated heterocycles. The van der Waals surface area contributed by atoms with Crippen LogP contribution in [0.3, 0.4) is 0 Å². The van der Waals surface area contributed by atoms with Crippen LogP contribution in [0.1, 0.15) is 56.4 Å². The van der Waals surface area contributed by atoms with E-state index in [4.69, 9.17) is 0 Å². The smallest absolute Gasteiger partial charge is 0.323 e. The second-order valence-corrected chi connectivity index (χ2v) is 8.01. The van der Waals surface area contributed by atoms with Gasteiger partial charge in [-0.2, -0.15) is 0 Å². The van der Waals surface area contributed by atoms with E-state index in [1.807, 2.05) is 6.07 Å². The zero-order valence-corrected chi connectivity index (χ0v) is 16.1. The Morgan fingerprint density at radius 2 is 1.68 bits per heavy atom. The highest BCUT2D eigenvalue weighted by Crippen LogP contribution is 2.33. The molecule has 4 rings (SSSR count). The second kappa shape index (κ2) is 8.09. The third kappa shape index (κ3) is 4.06. The molecule has 28 heavy (non-hydrogen) atoms. The summed E-state index contributed by atoms with van der Waals surface area (Å²) in [7, 11) is 0. The summed E-state index contributed by atoms with van der Waals surface area (Å²) in [6, 6.07) is 10.6. The Kier molecular flexibility index (Phi) is 5.37. The summed E-state index contributed by atoms with van der Waals surface area (Å²) >= 11 is 0. The van der Waals surface area contributed by atoms with Crippen molar-refractivity contribution < 1.29 is 9.59 Å². The molecule has 2 saturated carbocycles. The Morgan fingerprint density at radius 3 is 2.32 bits per heavy atom. The van der Waals surface area contributed by atoms with Gasteiger partial charge in [0.05, 0.1) is 11.4 Å². The molecule has 0 radical (unpaired) electrons. The molecule has 2 fully saturated rings. The first-order valence-corrected chi connectivity index (χ1v) is 10.2. The molecule has 1 aliphatic heterocycles. The van der Waals surface area contributed by atoms with Crippen LogP contribution in [0.4, 0.5) is 4.79 Å². The molecule has 3 aliphatic rings. The van der Waals surface area contributed by atoms with Crippen molar-refractivity contribution >= 4 is 11.9 Å². The van der Waals surface area contributed by atoms with E-state index in [1.54, 1.807) is 0 Å². The van der Waals surface area contributed by atoms with Crippen LogP contribution in [-0.2, 0) is 4.79 Å². The quantitative estimate of drug-likeness (QED) is 0.634. The molecule has 1 aromatic rings. The fraction of sp³-hybridized carbons (Fsp3) is 0.455. The van der Waals surface area contributed by atoms with Gasteiger partial charge in [-0.1, -0.05) is 36.9 Å². The number of hydrogen-bond donors (Lipinski definition) is 4. The molecule has 6 heteroatoms. The molecule has 6 nitrogen and oxygen atoms in total. The van der Waals surface area contributed by atoms with Crippen molar-refractivity contribution in [2.24, 2.45) is 0 Å². The monoisotopic (exact) mass is 380 g/mol. The van der Waals surface area contributed by atoms with E-state index < -0.39 is 6.03 Å². The minimum absolute atomic E-state index is 0.130. The van der Waals surface area contributed by atoms with Gasteiger partial charge < -0.3 is 21.3 Å². The molecule has 2 aliphatic carbocycles. The number of amides is 3. The van der Waals surface area contributed by atoms with Crippen molar-refractivity contribution in [2.75, 3.05) is 0 Å². The highest BCUT2D eigenvalue weighted by Gasteiger charge is 2.31. The lowest BCUT2D eigenvalue weighted by Crippen LogP contribution is -2.51. The second-order valence-electron chi connectivity index (χ2n) is 8.01. The summed E-state index contributed by atoms with van der Waals surface area (Å²) < 4.78 is 0. The van der Waals surface area contributed by atoms with Crippen LogP contribution in [-0.4, -0.2) is 24.0 Å². The fourth-order valence-electron chi connectivity index (χ4n) is 4.20. The van der Waals surface area contributed by atoms with Crippen molar-refractivity contribution in [1.82, 2.24) is 21.3 Å². The fourth-order valence-corrected chi connectivity index (χ4v) is 4.20. The number of urea groups is 1. The molecule has 0 atom stereocenters. The van der Waals surface area contributed by atoms with E-state index in [0.717, 1.165) is 38.5 Å². The molecule has 1 heterocycles. The largest absolute Gasteiger partial charge is 0.379 e. The van der Waals surface area contributed by atoms with Crippen molar-refractivity contribution in [3.8, 4) is 0 Å². The van der Waals surface area contributed by atoms with Gasteiger partial charge in [0, 0.05) is 12.1 Å². The number of nitrogens with one attached hydrogen (secondary N) is 4. The average molecular weight is 380 g/mol. The molecule has 1 aromatic carbocycles. The van der Waals surface area contributed by atoms with Crippen LogP contribution in [0.25, 0.3) is 0 Å². The maximum atomic E-state index is 12.9. The van der Waals surface area contributed by atoms with Crippen LogP contribution in [0.15, 0.2) is 54.0 Å². The van der Waals surface area contributed by atoms with Gasteiger partial charge in [-0.25, -0.2) is 4.79 Å². The Hall–Kier alpha value is -2.76. The van der Waals surface area contributed by atoms with Gasteiger partial charge in [0.25, 0.3) is 5.91 Å². The molecule has 0 spiro atoms. The first-order valence-electron chi connectivity index (χ1n) is 10.2. The molecule has 148 valence electrons. The lowest BCUT2D eigenvalue weighted by atomic mass is 9.82. The zero-order chi connectivity index (χ0) is 19.5. The van der Waals surface area contributed by atoms with E-state index in [9.17, 15) is 9.59 Å². The first kappa shape index (κ1) is 18.6. The molecular formula is C22H28N4O2. The third-order valence-corrected chi connectivity index (χ3v) is 6.07. The predicted octanol–water partition coefficient (Wildman–Crippen LogP) is 3.01. The maximum Gasteiger partial charge on any atom is 0.323 e. The maximum absolute atomic E-state index is 12.9. The topological polar surface area (TPSA) is 82.3 Å². The zero-order valence-electron chi connectivity index (χ0n) is 16.1. The number of carbonyl (C=O) groups is 2. The molecule has 3 amide bonds. The Labute approximate surface area is 165 Å². The van der Waals surface area contributed by atoms with E-state index >= 15 is 0 Å². The van der Waals surface area contributed by atoms with Crippen molar-refractivity contribution in [3.63, 3.8) is 0 Å². The van der Waals surface area contributed by atoms with E-state index in [2.05, 4.69) is 52.1 Å². The minimum Gasteiger partial charge on any atom is -0.379 e. The molecular weight excluding hydrogens is 352 g/mol. The SMILES string of the molecule is C=C1NC(=O)NC(C(=O)N[C@H]2CC[C@@H](c3ccccc3)CC2)=C1NC1CCC1. The molecule has 4 N–H and O–H groups in total. The highest BCUT2D eigenvalue weighted by molar-refractivity contribution is 6.00. The third-order valence-electron chi connectivity index (χ3n) is 6.07. The van der Waals surface area contributed by atoms with Gasteiger partial charge in [-0.05, 0) is 56.4 Å². The summed E-state index contributed by atoms with van der Waals surface area (Å²) in [6.45, 7) is 3.91. The van der Waals surface area contributed by atoms with Crippen molar-refractivity contribution in [1.29, 1.82) is 0 Å². The first-order chi connectivity index (χ1) is 13.6. The predicted molar refractivity (Wildman–Crippen MR) is 108 cm³/mol. The van der Waals surface area contributed by atoms with Gasteiger partial charge in [-0.15, -0.1) is 0 Å². The average Bonchev–Trinajstić information content (AvgIpc) is 2.66. The minimum atomic E-state index is -0.415. The van der Waals surface area contributed by atoms with Crippen LogP contribution in [0.5, 0.6) is 0 Å². The highest BCUT2D eigenvalue weighted by atomic mass is 16.2. The van der Waals surface area contributed by atoms with Crippen molar-refractivity contribution in [3.05, 3.63) is 59.6 Å². The Bertz CT molecular complexity index is 790. The molecule has 0 aromatic heterocycles.